The summed E-state index contributed by atoms with van der Waals surface area (Å²) in [6.45, 7) is 5.18. The topological polar surface area (TPSA) is 79.4 Å². The number of nitrogens with one attached hydrogen (secondary N) is 1. The van der Waals surface area contributed by atoms with Crippen LogP contribution in [0.2, 0.25) is 5.02 Å². The molecule has 30 heavy (non-hydrogen) atoms. The summed E-state index contributed by atoms with van der Waals surface area (Å²) in [6, 6.07) is 6.84. The number of fused-ring (bicyclic) bond motifs is 1. The van der Waals surface area contributed by atoms with Crippen LogP contribution >= 0.6 is 22.9 Å². The molecule has 2 heterocycles. The fourth-order valence-corrected chi connectivity index (χ4v) is 5.15. The van der Waals surface area contributed by atoms with Crippen molar-refractivity contribution in [1.82, 2.24) is 9.88 Å². The van der Waals surface area contributed by atoms with Crippen LogP contribution in [0, 0.1) is 11.3 Å². The smallest absolute Gasteiger partial charge is 0.253 e. The van der Waals surface area contributed by atoms with E-state index in [9.17, 15) is 14.4 Å². The van der Waals surface area contributed by atoms with E-state index in [0.29, 0.717) is 52.9 Å². The summed E-state index contributed by atoms with van der Waals surface area (Å²) in [6.07, 6.45) is 2.45. The molecule has 8 heteroatoms. The number of likely N-dealkylation sites (tertiary alicyclic amines) is 1. The Hall–Kier alpha value is -2.25. The van der Waals surface area contributed by atoms with Crippen molar-refractivity contribution in [3.05, 3.63) is 45.4 Å². The number of amides is 2. The summed E-state index contributed by atoms with van der Waals surface area (Å²) < 4.78 is 0. The van der Waals surface area contributed by atoms with E-state index in [4.69, 9.17) is 11.6 Å². The van der Waals surface area contributed by atoms with E-state index in [2.05, 4.69) is 24.1 Å². The minimum atomic E-state index is -0.174. The van der Waals surface area contributed by atoms with Gasteiger partial charge in [0.25, 0.3) is 5.91 Å². The minimum Gasteiger partial charge on any atom is -0.339 e. The Morgan fingerprint density at radius 1 is 1.17 bits per heavy atom. The maximum absolute atomic E-state index is 12.7. The molecule has 2 amide bonds. The fraction of sp³-hybridized carbons (Fsp3) is 0.455. The minimum absolute atomic E-state index is 0.0424. The Morgan fingerprint density at radius 3 is 2.50 bits per heavy atom. The molecule has 6 nitrogen and oxygen atoms in total. The van der Waals surface area contributed by atoms with E-state index in [1.165, 1.54) is 11.3 Å². The molecule has 0 atom stereocenters. The summed E-state index contributed by atoms with van der Waals surface area (Å²) in [5.41, 5.74) is 1.30. The summed E-state index contributed by atoms with van der Waals surface area (Å²) in [5.74, 6) is -0.203. The Kier molecular flexibility index (Phi) is 5.68. The Bertz CT molecular complexity index is 992. The number of carbonyl (C=O) groups excluding carboxylic acids is 3. The van der Waals surface area contributed by atoms with Crippen molar-refractivity contribution >= 4 is 45.7 Å². The number of aromatic nitrogens is 1. The maximum atomic E-state index is 12.7. The summed E-state index contributed by atoms with van der Waals surface area (Å²) >= 11 is 7.16. The van der Waals surface area contributed by atoms with Gasteiger partial charge >= 0.3 is 0 Å². The van der Waals surface area contributed by atoms with Gasteiger partial charge < -0.3 is 10.2 Å². The van der Waals surface area contributed by atoms with Gasteiger partial charge in [-0.15, -0.1) is 0 Å². The summed E-state index contributed by atoms with van der Waals surface area (Å²) in [5, 5.41) is 3.99. The van der Waals surface area contributed by atoms with Gasteiger partial charge in [-0.3, -0.25) is 14.4 Å². The molecular weight excluding hydrogens is 422 g/mol. The van der Waals surface area contributed by atoms with Crippen molar-refractivity contribution in [2.24, 2.45) is 11.3 Å². The predicted molar refractivity (Wildman–Crippen MR) is 117 cm³/mol. The average molecular weight is 446 g/mol. The third kappa shape index (κ3) is 4.42. The number of anilines is 1. The van der Waals surface area contributed by atoms with E-state index < -0.39 is 0 Å². The Labute approximate surface area is 184 Å². The lowest BCUT2D eigenvalue weighted by molar-refractivity contribution is -0.121. The van der Waals surface area contributed by atoms with Gasteiger partial charge in [-0.25, -0.2) is 4.98 Å². The third-order valence-electron chi connectivity index (χ3n) is 5.71. The number of Topliss-reactive ketones (excluding diaryl/α,β-unsaturated/α-hetero) is 1. The molecule has 0 unspecified atom stereocenters. The highest BCUT2D eigenvalue weighted by atomic mass is 35.5. The molecule has 0 saturated carbocycles. The number of piperidine rings is 1. The zero-order valence-corrected chi connectivity index (χ0v) is 18.6. The van der Waals surface area contributed by atoms with Gasteiger partial charge in [0.05, 0.1) is 10.6 Å². The van der Waals surface area contributed by atoms with Crippen LogP contribution < -0.4 is 5.32 Å². The maximum Gasteiger partial charge on any atom is 0.253 e. The quantitative estimate of drug-likeness (QED) is 0.757. The largest absolute Gasteiger partial charge is 0.339 e. The highest BCUT2D eigenvalue weighted by Gasteiger charge is 2.34. The molecule has 1 aliphatic carbocycles. The zero-order valence-electron chi connectivity index (χ0n) is 17.0. The summed E-state index contributed by atoms with van der Waals surface area (Å²) in [7, 11) is 0. The predicted octanol–water partition coefficient (Wildman–Crippen LogP) is 4.44. The van der Waals surface area contributed by atoms with E-state index >= 15 is 0 Å². The number of halogens is 1. The molecule has 1 aromatic carbocycles. The Morgan fingerprint density at radius 2 is 1.83 bits per heavy atom. The number of ketones is 1. The lowest BCUT2D eigenvalue weighted by Gasteiger charge is -2.31. The first-order valence-corrected chi connectivity index (χ1v) is 11.3. The first kappa shape index (κ1) is 21.0. The number of thiazole rings is 1. The highest BCUT2D eigenvalue weighted by molar-refractivity contribution is 7.17. The van der Waals surface area contributed by atoms with Crippen molar-refractivity contribution in [1.29, 1.82) is 0 Å². The molecule has 4 rings (SSSR count). The van der Waals surface area contributed by atoms with E-state index in [-0.39, 0.29) is 28.9 Å². The molecule has 2 aromatic rings. The van der Waals surface area contributed by atoms with Crippen molar-refractivity contribution < 1.29 is 14.4 Å². The van der Waals surface area contributed by atoms with Gasteiger partial charge in [0.15, 0.2) is 10.9 Å². The van der Waals surface area contributed by atoms with Crippen LogP contribution in [-0.4, -0.2) is 40.6 Å². The lowest BCUT2D eigenvalue weighted by atomic mass is 9.78. The molecule has 2 aliphatic rings. The number of benzene rings is 1. The molecule has 1 aliphatic heterocycles. The van der Waals surface area contributed by atoms with Crippen molar-refractivity contribution in [3.63, 3.8) is 0 Å². The van der Waals surface area contributed by atoms with Crippen LogP contribution in [0.15, 0.2) is 24.3 Å². The number of nitrogens with zero attached hydrogens (tertiary/aromatic N) is 2. The number of carbonyl (C=O) groups is 3. The normalized spacial score (nSPS) is 18.8. The SMILES string of the molecule is CC1(C)CC(=O)c2sc(NC(=O)C3CCN(C(=O)c4ccc(Cl)cc4)CC3)nc2C1. The van der Waals surface area contributed by atoms with Crippen LogP contribution in [0.3, 0.4) is 0 Å². The van der Waals surface area contributed by atoms with Gasteiger partial charge in [0, 0.05) is 36.0 Å². The Balaban J connectivity index is 1.35. The number of rotatable bonds is 3. The van der Waals surface area contributed by atoms with Crippen molar-refractivity contribution in [3.8, 4) is 0 Å². The second-order valence-electron chi connectivity index (χ2n) is 8.80. The molecule has 1 aromatic heterocycles. The number of hydrogen-bond acceptors (Lipinski definition) is 5. The summed E-state index contributed by atoms with van der Waals surface area (Å²) in [4.78, 5) is 44.7. The fourth-order valence-electron chi connectivity index (χ4n) is 4.10. The third-order valence-corrected chi connectivity index (χ3v) is 7.02. The number of hydrogen-bond donors (Lipinski definition) is 1. The van der Waals surface area contributed by atoms with Gasteiger partial charge in [-0.1, -0.05) is 36.8 Å². The van der Waals surface area contributed by atoms with Crippen LogP contribution in [-0.2, 0) is 11.2 Å². The first-order valence-electron chi connectivity index (χ1n) is 10.1. The van der Waals surface area contributed by atoms with Crippen LogP contribution in [0.1, 0.15) is 58.8 Å². The van der Waals surface area contributed by atoms with Gasteiger partial charge in [0.2, 0.25) is 5.91 Å². The lowest BCUT2D eigenvalue weighted by Crippen LogP contribution is -2.41. The van der Waals surface area contributed by atoms with Crippen LogP contribution in [0.25, 0.3) is 0 Å². The van der Waals surface area contributed by atoms with E-state index in [0.717, 1.165) is 12.1 Å². The molecule has 1 N–H and O–H groups in total. The van der Waals surface area contributed by atoms with Crippen molar-refractivity contribution in [2.75, 3.05) is 18.4 Å². The molecule has 0 bridgehead atoms. The van der Waals surface area contributed by atoms with Gasteiger partial charge in [0.1, 0.15) is 0 Å². The molecule has 1 saturated heterocycles. The van der Waals surface area contributed by atoms with Crippen molar-refractivity contribution in [2.45, 2.75) is 39.5 Å². The zero-order chi connectivity index (χ0) is 21.5. The van der Waals surface area contributed by atoms with E-state index in [1.54, 1.807) is 29.2 Å². The molecule has 0 radical (unpaired) electrons. The second-order valence-corrected chi connectivity index (χ2v) is 10.2. The second kappa shape index (κ2) is 8.12. The highest BCUT2D eigenvalue weighted by Crippen LogP contribution is 2.38. The van der Waals surface area contributed by atoms with Crippen LogP contribution in [0.4, 0.5) is 5.13 Å². The standard InChI is InChI=1S/C22H24ClN3O3S/c1-22(2)11-16-18(17(27)12-22)30-21(24-16)25-19(28)13-7-9-26(10-8-13)20(29)14-3-5-15(23)6-4-14/h3-6,13H,7-12H2,1-2H3,(H,24,25,28). The van der Waals surface area contributed by atoms with E-state index in [1.807, 2.05) is 0 Å². The molecule has 158 valence electrons. The molecule has 1 fully saturated rings. The van der Waals surface area contributed by atoms with Gasteiger partial charge in [-0.05, 0) is 48.9 Å². The first-order chi connectivity index (χ1) is 14.2. The average Bonchev–Trinajstić information content (AvgIpc) is 3.09. The van der Waals surface area contributed by atoms with Gasteiger partial charge in [-0.2, -0.15) is 0 Å². The molecular formula is C22H24ClN3O3S. The van der Waals surface area contributed by atoms with Crippen LogP contribution in [0.5, 0.6) is 0 Å². The monoisotopic (exact) mass is 445 g/mol. The molecule has 0 spiro atoms.